The molecule has 86 valence electrons. The van der Waals surface area contributed by atoms with Crippen LogP contribution >= 0.6 is 37.2 Å². The van der Waals surface area contributed by atoms with Gasteiger partial charge in [-0.1, -0.05) is 45.4 Å². The Labute approximate surface area is 101 Å². The van der Waals surface area contributed by atoms with Crippen LogP contribution in [0.1, 0.15) is 51.9 Å². The maximum atomic E-state index is 5.37. The molecule has 0 fully saturated rings. The average molecular weight is 253 g/mol. The number of hydrogen-bond acceptors (Lipinski definition) is 1. The molecule has 0 atom stereocenters. The molecular formula is C9H24Cl3N. The van der Waals surface area contributed by atoms with Crippen LogP contribution in [-0.4, -0.2) is 6.54 Å². The first kappa shape index (κ1) is 23.6. The van der Waals surface area contributed by atoms with Gasteiger partial charge in [0.25, 0.3) is 0 Å². The van der Waals surface area contributed by atoms with Crippen molar-refractivity contribution in [3.63, 3.8) is 0 Å². The second-order valence-corrected chi connectivity index (χ2v) is 2.91. The zero-order valence-corrected chi connectivity index (χ0v) is 10.9. The molecule has 1 nitrogen and oxygen atoms in total. The van der Waals surface area contributed by atoms with E-state index in [0.29, 0.717) is 0 Å². The molecule has 0 saturated heterocycles. The van der Waals surface area contributed by atoms with Gasteiger partial charge < -0.3 is 5.73 Å². The molecule has 0 radical (unpaired) electrons. The highest BCUT2D eigenvalue weighted by Crippen LogP contribution is 2.05. The Hall–Kier alpha value is 0.830. The van der Waals surface area contributed by atoms with Gasteiger partial charge in [0, 0.05) is 0 Å². The van der Waals surface area contributed by atoms with Crippen molar-refractivity contribution in [2.24, 2.45) is 5.73 Å². The number of halogens is 3. The molecule has 0 rings (SSSR count). The summed E-state index contributed by atoms with van der Waals surface area (Å²) in [7, 11) is 0. The minimum absolute atomic E-state index is 0. The molecule has 0 heterocycles. The Kier molecular flexibility index (Phi) is 41.7. The molecule has 13 heavy (non-hydrogen) atoms. The zero-order chi connectivity index (χ0) is 7.66. The predicted molar refractivity (Wildman–Crippen MR) is 68.8 cm³/mol. The molecule has 0 bridgehead atoms. The van der Waals surface area contributed by atoms with E-state index in [9.17, 15) is 0 Å². The molecule has 0 aromatic carbocycles. The lowest BCUT2D eigenvalue weighted by Gasteiger charge is -1.97. The van der Waals surface area contributed by atoms with Crippen molar-refractivity contribution >= 4 is 37.2 Å². The van der Waals surface area contributed by atoms with E-state index in [1.807, 2.05) is 0 Å². The standard InChI is InChI=1S/C9H21N.3ClH/c1-2-3-4-5-6-7-8-9-10;;;/h2-10H2,1H3;3*1H. The third-order valence-corrected chi connectivity index (χ3v) is 1.81. The summed E-state index contributed by atoms with van der Waals surface area (Å²) in [5.41, 5.74) is 5.37. The maximum absolute atomic E-state index is 5.37. The molecule has 0 aromatic heterocycles. The summed E-state index contributed by atoms with van der Waals surface area (Å²) in [5, 5.41) is 0. The van der Waals surface area contributed by atoms with E-state index in [-0.39, 0.29) is 37.2 Å². The minimum Gasteiger partial charge on any atom is -0.330 e. The third kappa shape index (κ3) is 24.5. The molecule has 0 unspecified atom stereocenters. The van der Waals surface area contributed by atoms with Gasteiger partial charge in [0.2, 0.25) is 0 Å². The summed E-state index contributed by atoms with van der Waals surface area (Å²) in [6.45, 7) is 3.12. The van der Waals surface area contributed by atoms with Crippen molar-refractivity contribution in [1.29, 1.82) is 0 Å². The molecule has 4 heteroatoms. The van der Waals surface area contributed by atoms with Crippen LogP contribution in [0.15, 0.2) is 0 Å². The summed E-state index contributed by atoms with van der Waals surface area (Å²) in [4.78, 5) is 0. The van der Waals surface area contributed by atoms with E-state index in [0.717, 1.165) is 6.54 Å². The maximum Gasteiger partial charge on any atom is -0.00773 e. The van der Waals surface area contributed by atoms with Gasteiger partial charge in [-0.25, -0.2) is 0 Å². The summed E-state index contributed by atoms with van der Waals surface area (Å²) >= 11 is 0. The summed E-state index contributed by atoms with van der Waals surface area (Å²) < 4.78 is 0. The van der Waals surface area contributed by atoms with Crippen LogP contribution in [0.3, 0.4) is 0 Å². The first-order valence-electron chi connectivity index (χ1n) is 4.62. The largest absolute Gasteiger partial charge is 0.330 e. The van der Waals surface area contributed by atoms with Gasteiger partial charge in [-0.3, -0.25) is 0 Å². The van der Waals surface area contributed by atoms with Gasteiger partial charge in [0.05, 0.1) is 0 Å². The van der Waals surface area contributed by atoms with Crippen molar-refractivity contribution in [3.8, 4) is 0 Å². The normalized spacial score (nSPS) is 7.85. The van der Waals surface area contributed by atoms with Crippen LogP contribution in [0, 0.1) is 0 Å². The first-order valence-corrected chi connectivity index (χ1v) is 4.62. The lowest BCUT2D eigenvalue weighted by atomic mass is 10.1. The van der Waals surface area contributed by atoms with Crippen molar-refractivity contribution in [2.45, 2.75) is 51.9 Å². The van der Waals surface area contributed by atoms with Crippen molar-refractivity contribution in [1.82, 2.24) is 0 Å². The van der Waals surface area contributed by atoms with Gasteiger partial charge in [-0.05, 0) is 13.0 Å². The highest BCUT2D eigenvalue weighted by molar-refractivity contribution is 5.86. The van der Waals surface area contributed by atoms with Gasteiger partial charge in [0.1, 0.15) is 0 Å². The minimum atomic E-state index is 0. The van der Waals surface area contributed by atoms with Crippen LogP contribution in [-0.2, 0) is 0 Å². The Balaban J connectivity index is -0.000000135. The Bertz CT molecular complexity index is 54.8. The fourth-order valence-corrected chi connectivity index (χ4v) is 1.10. The van der Waals surface area contributed by atoms with Gasteiger partial charge in [-0.2, -0.15) is 0 Å². The van der Waals surface area contributed by atoms with Crippen molar-refractivity contribution < 1.29 is 0 Å². The van der Waals surface area contributed by atoms with E-state index < -0.39 is 0 Å². The van der Waals surface area contributed by atoms with Gasteiger partial charge in [0.15, 0.2) is 0 Å². The van der Waals surface area contributed by atoms with E-state index in [2.05, 4.69) is 6.92 Å². The zero-order valence-electron chi connectivity index (χ0n) is 8.46. The smallest absolute Gasteiger partial charge is 0.00773 e. The Morgan fingerprint density at radius 1 is 0.692 bits per heavy atom. The summed E-state index contributed by atoms with van der Waals surface area (Å²) in [5.74, 6) is 0. The lowest BCUT2D eigenvalue weighted by Crippen LogP contribution is -1.97. The average Bonchev–Trinajstić information content (AvgIpc) is 1.97. The summed E-state index contributed by atoms with van der Waals surface area (Å²) in [6, 6.07) is 0. The topological polar surface area (TPSA) is 26.0 Å². The SMILES string of the molecule is CCCCCCCCCN.Cl.Cl.Cl. The van der Waals surface area contributed by atoms with Crippen LogP contribution in [0.4, 0.5) is 0 Å². The molecule has 0 aliphatic carbocycles. The first-order chi connectivity index (χ1) is 4.91. The van der Waals surface area contributed by atoms with E-state index in [1.54, 1.807) is 0 Å². The van der Waals surface area contributed by atoms with Crippen molar-refractivity contribution in [2.75, 3.05) is 6.54 Å². The van der Waals surface area contributed by atoms with Crippen LogP contribution in [0.25, 0.3) is 0 Å². The highest BCUT2D eigenvalue weighted by Gasteiger charge is 1.87. The molecule has 0 aliphatic heterocycles. The number of hydrogen-bond donors (Lipinski definition) is 1. The van der Waals surface area contributed by atoms with E-state index in [1.165, 1.54) is 44.9 Å². The lowest BCUT2D eigenvalue weighted by molar-refractivity contribution is 0.593. The van der Waals surface area contributed by atoms with Crippen LogP contribution < -0.4 is 5.73 Å². The molecule has 0 spiro atoms. The monoisotopic (exact) mass is 251 g/mol. The molecule has 0 aromatic rings. The van der Waals surface area contributed by atoms with Crippen LogP contribution in [0.2, 0.25) is 0 Å². The van der Waals surface area contributed by atoms with E-state index in [4.69, 9.17) is 5.73 Å². The second-order valence-electron chi connectivity index (χ2n) is 2.91. The number of rotatable bonds is 7. The van der Waals surface area contributed by atoms with Gasteiger partial charge >= 0.3 is 0 Å². The molecular weight excluding hydrogens is 228 g/mol. The third-order valence-electron chi connectivity index (χ3n) is 1.81. The fraction of sp³-hybridized carbons (Fsp3) is 1.00. The number of unbranched alkanes of at least 4 members (excludes halogenated alkanes) is 6. The van der Waals surface area contributed by atoms with Crippen LogP contribution in [0.5, 0.6) is 0 Å². The highest BCUT2D eigenvalue weighted by atomic mass is 35.5. The predicted octanol–water partition coefficient (Wildman–Crippen LogP) is 3.96. The Morgan fingerprint density at radius 3 is 1.46 bits per heavy atom. The Morgan fingerprint density at radius 2 is 1.08 bits per heavy atom. The van der Waals surface area contributed by atoms with E-state index >= 15 is 0 Å². The molecule has 0 amide bonds. The molecule has 2 N–H and O–H groups in total. The van der Waals surface area contributed by atoms with Crippen molar-refractivity contribution in [3.05, 3.63) is 0 Å². The van der Waals surface area contributed by atoms with Gasteiger partial charge in [-0.15, -0.1) is 37.2 Å². The number of nitrogens with two attached hydrogens (primary N) is 1. The quantitative estimate of drug-likeness (QED) is 0.682. The molecule has 0 saturated carbocycles. The second kappa shape index (κ2) is 23.0. The fourth-order valence-electron chi connectivity index (χ4n) is 1.10. The molecule has 0 aliphatic rings. The summed E-state index contributed by atoms with van der Waals surface area (Å²) in [6.07, 6.45) is 9.51.